The number of hydrogen-bond acceptors (Lipinski definition) is 5. The number of benzene rings is 2. The number of carbonyl (C=O) groups excluding carboxylic acids is 2. The molecule has 2 aromatic carbocycles. The summed E-state index contributed by atoms with van der Waals surface area (Å²) < 4.78 is 10.8. The number of hydrogen-bond donors (Lipinski definition) is 3. The zero-order valence-corrected chi connectivity index (χ0v) is 18.7. The van der Waals surface area contributed by atoms with Crippen molar-refractivity contribution in [3.05, 3.63) is 59.7 Å². The Labute approximate surface area is 192 Å². The number of amides is 2. The first-order valence-corrected chi connectivity index (χ1v) is 11.1. The van der Waals surface area contributed by atoms with Gasteiger partial charge in [-0.25, -0.2) is 4.79 Å². The summed E-state index contributed by atoms with van der Waals surface area (Å²) in [6, 6.07) is 14.6. The molecule has 2 amide bonds. The predicted octanol–water partition coefficient (Wildman–Crippen LogP) is 2.91. The van der Waals surface area contributed by atoms with Crippen LogP contribution < -0.4 is 10.6 Å². The summed E-state index contributed by atoms with van der Waals surface area (Å²) in [6.07, 6.45) is -0.365. The average molecular weight is 453 g/mol. The molecule has 0 bridgehead atoms. The zero-order chi connectivity index (χ0) is 23.6. The summed E-state index contributed by atoms with van der Waals surface area (Å²) in [5, 5.41) is 14.8. The molecule has 0 saturated carbocycles. The summed E-state index contributed by atoms with van der Waals surface area (Å²) in [5.74, 6) is -1.58. The smallest absolute Gasteiger partial charge is 0.407 e. The van der Waals surface area contributed by atoms with Gasteiger partial charge in [-0.3, -0.25) is 9.59 Å². The number of ether oxygens (including phenoxy) is 2. The topological polar surface area (TPSA) is 114 Å². The molecule has 33 heavy (non-hydrogen) atoms. The van der Waals surface area contributed by atoms with Crippen molar-refractivity contribution in [2.45, 2.75) is 38.3 Å². The lowest BCUT2D eigenvalue weighted by atomic mass is 9.85. The van der Waals surface area contributed by atoms with Crippen LogP contribution in [-0.4, -0.2) is 55.0 Å². The van der Waals surface area contributed by atoms with Crippen LogP contribution in [0.4, 0.5) is 4.79 Å². The maximum absolute atomic E-state index is 12.7. The molecule has 2 aliphatic rings. The van der Waals surface area contributed by atoms with Crippen molar-refractivity contribution in [3.63, 3.8) is 0 Å². The van der Waals surface area contributed by atoms with Gasteiger partial charge in [-0.05, 0) is 35.6 Å². The average Bonchev–Trinajstić information content (AvgIpc) is 3.34. The standard InChI is InChI=1S/C25H28N2O6/c1-3-20(22(28)27-21-13-32-14-25(21,2)23(29)30)26-24(31)33-12-19-17-10-6-4-8-15(17)16-9-5-7-11-18(16)19/h4-11,19-21H,3,12-14H2,1-2H3,(H,26,31)(H,27,28)(H,29,30). The normalized spacial score (nSPS) is 22.2. The maximum atomic E-state index is 12.7. The molecular formula is C25H28N2O6. The Kier molecular flexibility index (Phi) is 6.37. The molecule has 8 heteroatoms. The van der Waals surface area contributed by atoms with Crippen LogP contribution in [0.2, 0.25) is 0 Å². The van der Waals surface area contributed by atoms with Gasteiger partial charge in [-0.2, -0.15) is 0 Å². The first-order valence-electron chi connectivity index (χ1n) is 11.1. The molecule has 1 saturated heterocycles. The Morgan fingerprint density at radius 2 is 1.73 bits per heavy atom. The number of carbonyl (C=O) groups is 3. The highest BCUT2D eigenvalue weighted by Gasteiger charge is 2.47. The number of fused-ring (bicyclic) bond motifs is 3. The maximum Gasteiger partial charge on any atom is 0.407 e. The third kappa shape index (κ3) is 4.30. The minimum Gasteiger partial charge on any atom is -0.481 e. The van der Waals surface area contributed by atoms with E-state index < -0.39 is 35.5 Å². The molecule has 1 heterocycles. The second-order valence-electron chi connectivity index (χ2n) is 8.73. The predicted molar refractivity (Wildman–Crippen MR) is 121 cm³/mol. The van der Waals surface area contributed by atoms with Crippen LogP contribution in [0.25, 0.3) is 11.1 Å². The van der Waals surface area contributed by atoms with Crippen LogP contribution in [0.3, 0.4) is 0 Å². The molecule has 1 aliphatic heterocycles. The lowest BCUT2D eigenvalue weighted by molar-refractivity contribution is -0.149. The molecule has 2 aromatic rings. The van der Waals surface area contributed by atoms with E-state index in [9.17, 15) is 19.5 Å². The van der Waals surface area contributed by atoms with E-state index in [1.165, 1.54) is 6.92 Å². The molecule has 3 atom stereocenters. The second-order valence-corrected chi connectivity index (χ2v) is 8.73. The van der Waals surface area contributed by atoms with Crippen molar-refractivity contribution in [1.29, 1.82) is 0 Å². The molecule has 8 nitrogen and oxygen atoms in total. The van der Waals surface area contributed by atoms with Crippen molar-refractivity contribution in [1.82, 2.24) is 10.6 Å². The number of rotatable bonds is 7. The summed E-state index contributed by atoms with van der Waals surface area (Å²) in [5.41, 5.74) is 3.26. The molecule has 174 valence electrons. The third-order valence-electron chi connectivity index (χ3n) is 6.62. The van der Waals surface area contributed by atoms with Gasteiger partial charge in [0.1, 0.15) is 18.1 Å². The van der Waals surface area contributed by atoms with Crippen LogP contribution >= 0.6 is 0 Å². The van der Waals surface area contributed by atoms with E-state index in [0.29, 0.717) is 6.42 Å². The Bertz CT molecular complexity index is 1020. The van der Waals surface area contributed by atoms with Gasteiger partial charge < -0.3 is 25.2 Å². The summed E-state index contributed by atoms with van der Waals surface area (Å²) >= 11 is 0. The molecule has 1 aliphatic carbocycles. The van der Waals surface area contributed by atoms with Gasteiger partial charge in [-0.15, -0.1) is 0 Å². The van der Waals surface area contributed by atoms with Crippen LogP contribution in [0.5, 0.6) is 0 Å². The van der Waals surface area contributed by atoms with E-state index in [2.05, 4.69) is 22.8 Å². The minimum absolute atomic E-state index is 0.0177. The molecule has 1 fully saturated rings. The van der Waals surface area contributed by atoms with Crippen LogP contribution in [0.1, 0.15) is 37.3 Å². The van der Waals surface area contributed by atoms with Crippen molar-refractivity contribution in [2.75, 3.05) is 19.8 Å². The lowest BCUT2D eigenvalue weighted by Crippen LogP contribution is -2.55. The molecule has 0 radical (unpaired) electrons. The highest BCUT2D eigenvalue weighted by Crippen LogP contribution is 2.44. The fraction of sp³-hybridized carbons (Fsp3) is 0.400. The SMILES string of the molecule is CCC(NC(=O)OCC1c2ccccc2-c2ccccc21)C(=O)NC1COCC1(C)C(=O)O. The van der Waals surface area contributed by atoms with Crippen molar-refractivity contribution in [3.8, 4) is 11.1 Å². The quantitative estimate of drug-likeness (QED) is 0.595. The second kappa shape index (κ2) is 9.23. The van der Waals surface area contributed by atoms with Crippen molar-refractivity contribution >= 4 is 18.0 Å². The number of nitrogens with one attached hydrogen (secondary N) is 2. The van der Waals surface area contributed by atoms with Gasteiger partial charge in [0.15, 0.2) is 0 Å². The lowest BCUT2D eigenvalue weighted by Gasteiger charge is -2.27. The Morgan fingerprint density at radius 1 is 1.12 bits per heavy atom. The van der Waals surface area contributed by atoms with Gasteiger partial charge in [0.05, 0.1) is 19.3 Å². The first kappa shape index (κ1) is 22.8. The third-order valence-corrected chi connectivity index (χ3v) is 6.62. The molecular weight excluding hydrogens is 424 g/mol. The molecule has 0 aromatic heterocycles. The molecule has 0 spiro atoms. The van der Waals surface area contributed by atoms with Gasteiger partial charge in [-0.1, -0.05) is 55.5 Å². The highest BCUT2D eigenvalue weighted by atomic mass is 16.5. The van der Waals surface area contributed by atoms with Crippen LogP contribution in [0.15, 0.2) is 48.5 Å². The van der Waals surface area contributed by atoms with Gasteiger partial charge >= 0.3 is 12.1 Å². The molecule has 3 N–H and O–H groups in total. The van der Waals surface area contributed by atoms with E-state index in [1.54, 1.807) is 6.92 Å². The number of alkyl carbamates (subject to hydrolysis) is 1. The monoisotopic (exact) mass is 452 g/mol. The molecule has 4 rings (SSSR count). The number of carboxylic acids is 1. The highest BCUT2D eigenvalue weighted by molar-refractivity contribution is 5.87. The fourth-order valence-corrected chi connectivity index (χ4v) is 4.49. The van der Waals surface area contributed by atoms with Gasteiger partial charge in [0.25, 0.3) is 0 Å². The first-order chi connectivity index (χ1) is 15.8. The fourth-order valence-electron chi connectivity index (χ4n) is 4.49. The summed E-state index contributed by atoms with van der Waals surface area (Å²) in [6.45, 7) is 3.56. The Morgan fingerprint density at radius 3 is 2.30 bits per heavy atom. The van der Waals surface area contributed by atoms with E-state index >= 15 is 0 Å². The summed E-state index contributed by atoms with van der Waals surface area (Å²) in [7, 11) is 0. The van der Waals surface area contributed by atoms with Crippen LogP contribution in [0, 0.1) is 5.41 Å². The molecule has 3 unspecified atom stereocenters. The van der Waals surface area contributed by atoms with Gasteiger partial charge in [0.2, 0.25) is 5.91 Å². The summed E-state index contributed by atoms with van der Waals surface area (Å²) in [4.78, 5) is 36.9. The van der Waals surface area contributed by atoms with E-state index in [0.717, 1.165) is 22.3 Å². The number of aliphatic carboxylic acids is 1. The number of carboxylic acid groups (broad SMARTS) is 1. The largest absolute Gasteiger partial charge is 0.481 e. The van der Waals surface area contributed by atoms with Crippen LogP contribution in [-0.2, 0) is 19.1 Å². The van der Waals surface area contributed by atoms with E-state index in [4.69, 9.17) is 9.47 Å². The zero-order valence-electron chi connectivity index (χ0n) is 18.7. The Hall–Kier alpha value is -3.39. The Balaban J connectivity index is 1.37. The van der Waals surface area contributed by atoms with E-state index in [1.807, 2.05) is 36.4 Å². The van der Waals surface area contributed by atoms with E-state index in [-0.39, 0.29) is 25.7 Å². The van der Waals surface area contributed by atoms with Crippen molar-refractivity contribution in [2.24, 2.45) is 5.41 Å². The minimum atomic E-state index is -1.21. The van der Waals surface area contributed by atoms with Crippen molar-refractivity contribution < 1.29 is 29.0 Å². The van der Waals surface area contributed by atoms with Gasteiger partial charge in [0, 0.05) is 5.92 Å².